The molecule has 0 amide bonds. The molecule has 134 valence electrons. The maximum Gasteiger partial charge on any atom is 0.170 e. The first-order valence-electron chi connectivity index (χ1n) is 8.41. The fraction of sp³-hybridized carbons (Fsp3) is 0.263. The van der Waals surface area contributed by atoms with E-state index >= 15 is 0 Å². The third-order valence-corrected chi connectivity index (χ3v) is 6.49. The maximum atomic E-state index is 5.69. The summed E-state index contributed by atoms with van der Waals surface area (Å²) in [4.78, 5) is 10.3. The molecule has 26 heavy (non-hydrogen) atoms. The second kappa shape index (κ2) is 7.03. The number of nitrogens with zero attached hydrogens (tertiary/aromatic N) is 2. The Morgan fingerprint density at radius 2 is 2.08 bits per heavy atom. The van der Waals surface area contributed by atoms with Gasteiger partial charge in [0.15, 0.2) is 5.11 Å². The second-order valence-electron chi connectivity index (χ2n) is 6.44. The van der Waals surface area contributed by atoms with Gasteiger partial charge in [-0.05, 0) is 72.9 Å². The lowest BCUT2D eigenvalue weighted by Crippen LogP contribution is -2.29. The van der Waals surface area contributed by atoms with Crippen LogP contribution >= 0.6 is 34.8 Å². The largest absolute Gasteiger partial charge is 0.467 e. The van der Waals surface area contributed by atoms with Crippen molar-refractivity contribution in [1.29, 1.82) is 0 Å². The number of thiocarbonyl (C=S) groups is 1. The van der Waals surface area contributed by atoms with Crippen molar-refractivity contribution < 1.29 is 4.42 Å². The van der Waals surface area contributed by atoms with Crippen molar-refractivity contribution >= 4 is 39.9 Å². The van der Waals surface area contributed by atoms with E-state index in [1.54, 1.807) is 6.26 Å². The van der Waals surface area contributed by atoms with Crippen molar-refractivity contribution in [1.82, 2.24) is 20.2 Å². The molecule has 2 atom stereocenters. The minimum Gasteiger partial charge on any atom is -0.467 e. The van der Waals surface area contributed by atoms with Gasteiger partial charge in [0.25, 0.3) is 0 Å². The summed E-state index contributed by atoms with van der Waals surface area (Å²) in [7, 11) is 0. The lowest BCUT2D eigenvalue weighted by atomic mass is 9.96. The van der Waals surface area contributed by atoms with Crippen LogP contribution in [0.15, 0.2) is 47.2 Å². The van der Waals surface area contributed by atoms with E-state index in [4.69, 9.17) is 16.6 Å². The predicted octanol–water partition coefficient (Wildman–Crippen LogP) is 4.40. The molecule has 3 aromatic rings. The van der Waals surface area contributed by atoms with Crippen LogP contribution in [0.3, 0.4) is 0 Å². The van der Waals surface area contributed by atoms with Crippen LogP contribution in [0.4, 0.5) is 0 Å². The zero-order valence-electron chi connectivity index (χ0n) is 14.5. The summed E-state index contributed by atoms with van der Waals surface area (Å²) >= 11 is 8.11. The van der Waals surface area contributed by atoms with Crippen molar-refractivity contribution in [3.05, 3.63) is 74.8 Å². The van der Waals surface area contributed by atoms with Crippen LogP contribution in [0.2, 0.25) is 0 Å². The number of aryl methyl sites for hydroxylation is 2. The van der Waals surface area contributed by atoms with E-state index in [9.17, 15) is 0 Å². The van der Waals surface area contributed by atoms with E-state index in [2.05, 4.69) is 56.6 Å². The highest BCUT2D eigenvalue weighted by Crippen LogP contribution is 2.43. The van der Waals surface area contributed by atoms with Crippen molar-refractivity contribution in [3.63, 3.8) is 0 Å². The Morgan fingerprint density at radius 1 is 1.23 bits per heavy atom. The monoisotopic (exact) mass is 478 g/mol. The number of aromatic nitrogens is 2. The highest BCUT2D eigenvalue weighted by atomic mass is 127. The van der Waals surface area contributed by atoms with Crippen LogP contribution in [0, 0.1) is 17.4 Å². The van der Waals surface area contributed by atoms with Gasteiger partial charge >= 0.3 is 0 Å². The third-order valence-electron chi connectivity index (χ3n) is 4.74. The number of hydrogen-bond acceptors (Lipinski definition) is 3. The smallest absolute Gasteiger partial charge is 0.170 e. The van der Waals surface area contributed by atoms with E-state index in [1.165, 1.54) is 14.8 Å². The average Bonchev–Trinajstić information content (AvgIpc) is 3.31. The summed E-state index contributed by atoms with van der Waals surface area (Å²) in [5, 5.41) is 4.20. The summed E-state index contributed by atoms with van der Waals surface area (Å²) in [5.74, 6) is 0.890. The van der Waals surface area contributed by atoms with E-state index < -0.39 is 0 Å². The molecule has 0 spiro atoms. The zero-order chi connectivity index (χ0) is 18.3. The molecule has 7 heteroatoms. The van der Waals surface area contributed by atoms with Gasteiger partial charge in [-0.25, -0.2) is 0 Å². The number of furan rings is 1. The highest BCUT2D eigenvalue weighted by Gasteiger charge is 2.42. The third kappa shape index (κ3) is 3.03. The molecule has 2 unspecified atom stereocenters. The molecule has 1 fully saturated rings. The quantitative estimate of drug-likeness (QED) is 0.430. The number of pyridine rings is 1. The number of halogens is 1. The topological polar surface area (TPSA) is 57.1 Å². The number of aromatic amines is 1. The molecular weight excluding hydrogens is 459 g/mol. The summed E-state index contributed by atoms with van der Waals surface area (Å²) in [6.45, 7) is 4.84. The van der Waals surface area contributed by atoms with Gasteiger partial charge in [0.05, 0.1) is 30.6 Å². The number of hydrogen-bond donors (Lipinski definition) is 2. The molecule has 0 radical (unpaired) electrons. The van der Waals surface area contributed by atoms with Crippen molar-refractivity contribution in [2.24, 2.45) is 0 Å². The van der Waals surface area contributed by atoms with Crippen LogP contribution in [0.5, 0.6) is 0 Å². The first-order valence-corrected chi connectivity index (χ1v) is 9.90. The Morgan fingerprint density at radius 3 is 2.69 bits per heavy atom. The lowest BCUT2D eigenvalue weighted by molar-refractivity contribution is 0.286. The van der Waals surface area contributed by atoms with Gasteiger partial charge < -0.3 is 19.6 Å². The van der Waals surface area contributed by atoms with Gasteiger partial charge in [0.1, 0.15) is 5.76 Å². The molecular formula is C19H19IN4OS. The molecule has 1 aliphatic rings. The maximum absolute atomic E-state index is 5.69. The van der Waals surface area contributed by atoms with Gasteiger partial charge in [-0.2, -0.15) is 0 Å². The molecule has 1 aliphatic heterocycles. The summed E-state index contributed by atoms with van der Waals surface area (Å²) in [6.07, 6.45) is 3.52. The number of nitrogens with one attached hydrogen (secondary N) is 2. The van der Waals surface area contributed by atoms with Gasteiger partial charge in [0, 0.05) is 26.7 Å². The Labute approximate surface area is 171 Å². The molecule has 5 nitrogen and oxygen atoms in total. The SMILES string of the molecule is Cc1[nH]c(C)c(C2C(c3ccccn3)NC(=S)N2Cc2ccco2)c1I. The first kappa shape index (κ1) is 17.5. The minimum absolute atomic E-state index is 0.0129. The Balaban J connectivity index is 1.81. The molecule has 3 aromatic heterocycles. The van der Waals surface area contributed by atoms with E-state index in [1.807, 2.05) is 36.5 Å². The van der Waals surface area contributed by atoms with E-state index in [0.29, 0.717) is 6.54 Å². The Bertz CT molecular complexity index is 923. The molecule has 1 saturated heterocycles. The normalized spacial score (nSPS) is 19.8. The minimum atomic E-state index is -0.0129. The molecule has 0 aliphatic carbocycles. The molecule has 4 heterocycles. The van der Waals surface area contributed by atoms with Gasteiger partial charge in [-0.15, -0.1) is 0 Å². The van der Waals surface area contributed by atoms with Crippen LogP contribution in [-0.4, -0.2) is 20.0 Å². The van der Waals surface area contributed by atoms with Crippen molar-refractivity contribution in [2.75, 3.05) is 0 Å². The summed E-state index contributed by atoms with van der Waals surface area (Å²) in [6, 6.07) is 9.91. The summed E-state index contributed by atoms with van der Waals surface area (Å²) < 4.78 is 6.82. The van der Waals surface area contributed by atoms with Crippen LogP contribution < -0.4 is 5.32 Å². The fourth-order valence-electron chi connectivity index (χ4n) is 3.58. The van der Waals surface area contributed by atoms with Crippen molar-refractivity contribution in [3.8, 4) is 0 Å². The average molecular weight is 478 g/mol. The van der Waals surface area contributed by atoms with E-state index in [0.717, 1.165) is 22.3 Å². The standard InChI is InChI=1S/C19H19IN4OS/c1-11-15(16(20)12(2)22-11)18-17(14-7-3-4-8-21-14)23-19(26)24(18)10-13-6-5-9-25-13/h3-9,17-18,22H,10H2,1-2H3,(H,23,26). The molecule has 4 rings (SSSR count). The second-order valence-corrected chi connectivity index (χ2v) is 7.90. The Kier molecular flexibility index (Phi) is 4.74. The van der Waals surface area contributed by atoms with Gasteiger partial charge in [-0.1, -0.05) is 6.07 Å². The number of rotatable bonds is 4. The first-order chi connectivity index (χ1) is 12.6. The molecule has 2 N–H and O–H groups in total. The van der Waals surface area contributed by atoms with Crippen molar-refractivity contribution in [2.45, 2.75) is 32.5 Å². The van der Waals surface area contributed by atoms with Crippen LogP contribution in [0.25, 0.3) is 0 Å². The Hall–Kier alpha value is -1.87. The fourth-order valence-corrected chi connectivity index (χ4v) is 4.75. The van der Waals surface area contributed by atoms with Crippen LogP contribution in [0.1, 0.15) is 40.5 Å². The predicted molar refractivity (Wildman–Crippen MR) is 113 cm³/mol. The molecule has 0 bridgehead atoms. The summed E-state index contributed by atoms with van der Waals surface area (Å²) in [5.41, 5.74) is 4.58. The highest BCUT2D eigenvalue weighted by molar-refractivity contribution is 14.1. The van der Waals surface area contributed by atoms with Crippen LogP contribution in [-0.2, 0) is 6.54 Å². The molecule has 0 saturated carbocycles. The molecule has 0 aromatic carbocycles. The van der Waals surface area contributed by atoms with E-state index in [-0.39, 0.29) is 12.1 Å². The zero-order valence-corrected chi connectivity index (χ0v) is 17.5. The lowest BCUT2D eigenvalue weighted by Gasteiger charge is -2.27. The van der Waals surface area contributed by atoms with Gasteiger partial charge in [0.2, 0.25) is 0 Å². The van der Waals surface area contributed by atoms with Gasteiger partial charge in [-0.3, -0.25) is 4.98 Å². The number of H-pyrrole nitrogens is 1.